The van der Waals surface area contributed by atoms with Crippen LogP contribution in [-0.4, -0.2) is 11.8 Å². The van der Waals surface area contributed by atoms with Gasteiger partial charge in [-0.05, 0) is 31.2 Å². The van der Waals surface area contributed by atoms with Crippen molar-refractivity contribution in [2.24, 2.45) is 0 Å². The Kier molecular flexibility index (Phi) is 2.94. The summed E-state index contributed by atoms with van der Waals surface area (Å²) < 4.78 is 7.15. The van der Waals surface area contributed by atoms with E-state index >= 15 is 0 Å². The van der Waals surface area contributed by atoms with E-state index in [1.165, 1.54) is 0 Å². The summed E-state index contributed by atoms with van der Waals surface area (Å²) in [6.07, 6.45) is 0.711. The van der Waals surface area contributed by atoms with Crippen molar-refractivity contribution in [2.75, 3.05) is 4.90 Å². The molecule has 4 nitrogen and oxygen atoms in total. The summed E-state index contributed by atoms with van der Waals surface area (Å²) in [5.74, 6) is 0.834. The molecule has 22 heavy (non-hydrogen) atoms. The molecular formula is C17H15BrN2O2. The van der Waals surface area contributed by atoms with E-state index in [1.807, 2.05) is 55.5 Å². The van der Waals surface area contributed by atoms with E-state index in [4.69, 9.17) is 4.74 Å². The number of anilines is 1. The molecule has 2 amide bonds. The van der Waals surface area contributed by atoms with Gasteiger partial charge in [-0.1, -0.05) is 40.2 Å². The number of para-hydroxylation sites is 1. The van der Waals surface area contributed by atoms with Crippen LogP contribution in [-0.2, 0) is 0 Å². The van der Waals surface area contributed by atoms with Crippen LogP contribution in [0.5, 0.6) is 5.75 Å². The monoisotopic (exact) mass is 358 g/mol. The number of amides is 2. The standard InChI is InChI=1S/C17H15BrN2O2/c1-17-10-14(13-7-2-3-8-15(13)22-17)19-16(21)20(17)12-6-4-5-11(18)9-12/h2-9,14H,10H2,1H3,(H,19,21). The minimum atomic E-state index is -0.692. The van der Waals surface area contributed by atoms with Gasteiger partial charge >= 0.3 is 6.03 Å². The minimum absolute atomic E-state index is 0.00847. The molecule has 1 fully saturated rings. The third-order valence-corrected chi connectivity index (χ3v) is 4.74. The molecule has 2 aromatic carbocycles. The largest absolute Gasteiger partial charge is 0.467 e. The Bertz CT molecular complexity index is 764. The van der Waals surface area contributed by atoms with Gasteiger partial charge in [-0.2, -0.15) is 0 Å². The number of benzene rings is 2. The number of ether oxygens (including phenoxy) is 1. The van der Waals surface area contributed by atoms with E-state index < -0.39 is 5.72 Å². The quantitative estimate of drug-likeness (QED) is 0.829. The van der Waals surface area contributed by atoms with E-state index in [1.54, 1.807) is 4.90 Å². The molecule has 0 saturated carbocycles. The highest BCUT2D eigenvalue weighted by Crippen LogP contribution is 2.45. The Morgan fingerprint density at radius 2 is 2.09 bits per heavy atom. The van der Waals surface area contributed by atoms with Gasteiger partial charge in [0.2, 0.25) is 0 Å². The first-order chi connectivity index (χ1) is 10.6. The number of fused-ring (bicyclic) bond motifs is 4. The van der Waals surface area contributed by atoms with E-state index in [2.05, 4.69) is 21.2 Å². The molecule has 5 heteroatoms. The molecule has 2 atom stereocenters. The number of hydrogen-bond donors (Lipinski definition) is 1. The molecule has 2 unspecified atom stereocenters. The van der Waals surface area contributed by atoms with Gasteiger partial charge in [0, 0.05) is 16.5 Å². The molecule has 0 aliphatic carbocycles. The molecule has 0 radical (unpaired) electrons. The van der Waals surface area contributed by atoms with Gasteiger partial charge in [-0.15, -0.1) is 0 Å². The molecule has 112 valence electrons. The summed E-state index contributed by atoms with van der Waals surface area (Å²) in [7, 11) is 0. The molecule has 2 bridgehead atoms. The van der Waals surface area contributed by atoms with Crippen LogP contribution < -0.4 is 15.0 Å². The maximum absolute atomic E-state index is 12.7. The second kappa shape index (κ2) is 4.74. The zero-order valence-electron chi connectivity index (χ0n) is 12.0. The fourth-order valence-corrected chi connectivity index (χ4v) is 3.72. The van der Waals surface area contributed by atoms with Gasteiger partial charge in [0.05, 0.1) is 11.7 Å². The van der Waals surface area contributed by atoms with Crippen LogP contribution in [0.15, 0.2) is 53.0 Å². The van der Waals surface area contributed by atoms with Gasteiger partial charge < -0.3 is 10.1 Å². The molecule has 2 aromatic rings. The summed E-state index contributed by atoms with van der Waals surface area (Å²) in [4.78, 5) is 14.4. The topological polar surface area (TPSA) is 41.6 Å². The van der Waals surface area contributed by atoms with Crippen molar-refractivity contribution in [3.63, 3.8) is 0 Å². The second-order valence-corrected chi connectivity index (χ2v) is 6.75. The van der Waals surface area contributed by atoms with E-state index in [-0.39, 0.29) is 12.1 Å². The lowest BCUT2D eigenvalue weighted by Crippen LogP contribution is -2.65. The van der Waals surface area contributed by atoms with Crippen molar-refractivity contribution in [1.82, 2.24) is 5.32 Å². The Balaban J connectivity index is 1.82. The maximum atomic E-state index is 12.7. The van der Waals surface area contributed by atoms with E-state index in [9.17, 15) is 4.79 Å². The summed E-state index contributed by atoms with van der Waals surface area (Å²) >= 11 is 3.46. The first-order valence-corrected chi connectivity index (χ1v) is 8.00. The van der Waals surface area contributed by atoms with Gasteiger partial charge in [0.25, 0.3) is 0 Å². The maximum Gasteiger partial charge on any atom is 0.325 e. The Morgan fingerprint density at radius 3 is 2.91 bits per heavy atom. The molecule has 2 heterocycles. The molecule has 4 rings (SSSR count). The van der Waals surface area contributed by atoms with Crippen LogP contribution in [0.2, 0.25) is 0 Å². The predicted octanol–water partition coefficient (Wildman–Crippen LogP) is 4.22. The highest BCUT2D eigenvalue weighted by molar-refractivity contribution is 9.10. The van der Waals surface area contributed by atoms with Gasteiger partial charge in [0.15, 0.2) is 5.72 Å². The predicted molar refractivity (Wildman–Crippen MR) is 88.0 cm³/mol. The van der Waals surface area contributed by atoms with E-state index in [0.29, 0.717) is 6.42 Å². The second-order valence-electron chi connectivity index (χ2n) is 5.84. The lowest BCUT2D eigenvalue weighted by molar-refractivity contribution is 0.0379. The zero-order valence-corrected chi connectivity index (χ0v) is 13.6. The van der Waals surface area contributed by atoms with Crippen molar-refractivity contribution in [3.05, 3.63) is 58.6 Å². The van der Waals surface area contributed by atoms with Crippen LogP contribution in [0.25, 0.3) is 0 Å². The summed E-state index contributed by atoms with van der Waals surface area (Å²) in [6, 6.07) is 15.4. The number of carbonyl (C=O) groups is 1. The first-order valence-electron chi connectivity index (χ1n) is 7.21. The molecule has 1 N–H and O–H groups in total. The van der Waals surface area contributed by atoms with Crippen molar-refractivity contribution >= 4 is 27.6 Å². The lowest BCUT2D eigenvalue weighted by atomic mass is 9.90. The van der Waals surface area contributed by atoms with Crippen LogP contribution in [0.1, 0.15) is 24.9 Å². The van der Waals surface area contributed by atoms with Crippen molar-refractivity contribution in [2.45, 2.75) is 25.1 Å². The van der Waals surface area contributed by atoms with Crippen molar-refractivity contribution in [3.8, 4) is 5.75 Å². The van der Waals surface area contributed by atoms with Crippen LogP contribution >= 0.6 is 15.9 Å². The number of rotatable bonds is 1. The highest BCUT2D eigenvalue weighted by atomic mass is 79.9. The fraction of sp³-hybridized carbons (Fsp3) is 0.235. The van der Waals surface area contributed by atoms with Gasteiger partial charge in [0.1, 0.15) is 5.75 Å². The Labute approximate surface area is 137 Å². The van der Waals surface area contributed by atoms with Gasteiger partial charge in [-0.25, -0.2) is 4.79 Å². The number of nitrogens with zero attached hydrogens (tertiary/aromatic N) is 1. The molecule has 0 spiro atoms. The SMILES string of the molecule is CC12CC(NC(=O)N1c1cccc(Br)c1)c1ccccc1O2. The summed E-state index contributed by atoms with van der Waals surface area (Å²) in [5, 5.41) is 3.09. The Hall–Kier alpha value is -2.01. The highest BCUT2D eigenvalue weighted by Gasteiger charge is 2.49. The molecular weight excluding hydrogens is 344 g/mol. The average Bonchev–Trinajstić information content (AvgIpc) is 2.46. The van der Waals surface area contributed by atoms with Crippen LogP contribution in [0.3, 0.4) is 0 Å². The number of nitrogens with one attached hydrogen (secondary N) is 1. The Morgan fingerprint density at radius 1 is 1.27 bits per heavy atom. The summed E-state index contributed by atoms with van der Waals surface area (Å²) in [5.41, 5.74) is 1.16. The smallest absolute Gasteiger partial charge is 0.325 e. The van der Waals surface area contributed by atoms with E-state index in [0.717, 1.165) is 21.5 Å². The number of halogens is 1. The molecule has 2 aliphatic rings. The first kappa shape index (κ1) is 13.6. The van der Waals surface area contributed by atoms with Crippen LogP contribution in [0, 0.1) is 0 Å². The summed E-state index contributed by atoms with van der Waals surface area (Å²) in [6.45, 7) is 1.97. The number of hydrogen-bond acceptors (Lipinski definition) is 2. The lowest BCUT2D eigenvalue weighted by Gasteiger charge is -2.50. The minimum Gasteiger partial charge on any atom is -0.467 e. The molecule has 2 aliphatic heterocycles. The van der Waals surface area contributed by atoms with Crippen molar-refractivity contribution in [1.29, 1.82) is 0 Å². The third kappa shape index (κ3) is 2.00. The van der Waals surface area contributed by atoms with Gasteiger partial charge in [-0.3, -0.25) is 4.90 Å². The average molecular weight is 359 g/mol. The normalized spacial score (nSPS) is 26.0. The number of carbonyl (C=O) groups excluding carboxylic acids is 1. The zero-order chi connectivity index (χ0) is 15.3. The van der Waals surface area contributed by atoms with Crippen molar-refractivity contribution < 1.29 is 9.53 Å². The fourth-order valence-electron chi connectivity index (χ4n) is 3.33. The third-order valence-electron chi connectivity index (χ3n) is 4.25. The van der Waals surface area contributed by atoms with Crippen LogP contribution in [0.4, 0.5) is 10.5 Å². The molecule has 1 saturated heterocycles. The molecule has 0 aromatic heterocycles. The number of urea groups is 1.